The minimum Gasteiger partial charge on any atom is -0.365 e. The lowest BCUT2D eigenvalue weighted by molar-refractivity contribution is -0.0426. The Hall–Kier alpha value is -1.64. The van der Waals surface area contributed by atoms with Crippen molar-refractivity contribution < 1.29 is 4.74 Å². The molecule has 120 valence electrons. The summed E-state index contributed by atoms with van der Waals surface area (Å²) in [4.78, 5) is 2.57. The lowest BCUT2D eigenvalue weighted by atomic mass is 9.97. The van der Waals surface area contributed by atoms with Crippen molar-refractivity contribution in [3.05, 3.63) is 71.8 Å². The third-order valence-electron chi connectivity index (χ3n) is 5.59. The van der Waals surface area contributed by atoms with E-state index in [4.69, 9.17) is 4.74 Å². The quantitative estimate of drug-likeness (QED) is 0.829. The van der Waals surface area contributed by atoms with Crippen LogP contribution in [0.1, 0.15) is 42.9 Å². The average Bonchev–Trinajstić information content (AvgIpc) is 2.83. The second-order valence-electron chi connectivity index (χ2n) is 6.98. The van der Waals surface area contributed by atoms with Gasteiger partial charge in [0.05, 0.1) is 6.10 Å². The van der Waals surface area contributed by atoms with Crippen LogP contribution in [0.25, 0.3) is 0 Å². The number of fused-ring (bicyclic) bond motifs is 2. The molecule has 0 spiro atoms. The van der Waals surface area contributed by atoms with Gasteiger partial charge in [0.2, 0.25) is 0 Å². The Morgan fingerprint density at radius 2 is 1.30 bits per heavy atom. The second kappa shape index (κ2) is 6.46. The SMILES string of the molecule is CN1[C@@H]2CC[C@H]1C[C@H](OC(c1ccccc1)c1ccccc1)C2. The Balaban J connectivity index is 1.57. The highest BCUT2D eigenvalue weighted by Gasteiger charge is 2.39. The smallest absolute Gasteiger partial charge is 0.108 e. The molecule has 0 radical (unpaired) electrons. The van der Waals surface area contributed by atoms with Gasteiger partial charge in [-0.25, -0.2) is 0 Å². The Morgan fingerprint density at radius 1 is 0.826 bits per heavy atom. The van der Waals surface area contributed by atoms with Crippen LogP contribution in [0.15, 0.2) is 60.7 Å². The molecule has 0 saturated carbocycles. The maximum atomic E-state index is 6.67. The molecule has 0 N–H and O–H groups in total. The predicted molar refractivity (Wildman–Crippen MR) is 93.4 cm³/mol. The van der Waals surface area contributed by atoms with Crippen molar-refractivity contribution in [1.29, 1.82) is 0 Å². The van der Waals surface area contributed by atoms with E-state index >= 15 is 0 Å². The molecule has 2 aliphatic heterocycles. The lowest BCUT2D eigenvalue weighted by Gasteiger charge is -2.38. The molecule has 2 aliphatic rings. The zero-order valence-corrected chi connectivity index (χ0v) is 13.8. The summed E-state index contributed by atoms with van der Waals surface area (Å²) in [5, 5.41) is 0. The number of hydrogen-bond acceptors (Lipinski definition) is 2. The van der Waals surface area contributed by atoms with E-state index in [0.717, 1.165) is 0 Å². The van der Waals surface area contributed by atoms with Crippen LogP contribution >= 0.6 is 0 Å². The van der Waals surface area contributed by atoms with E-state index < -0.39 is 0 Å². The minimum absolute atomic E-state index is 0.0465. The topological polar surface area (TPSA) is 12.5 Å². The number of ether oxygens (including phenoxy) is 1. The molecule has 2 heterocycles. The molecule has 0 amide bonds. The van der Waals surface area contributed by atoms with Gasteiger partial charge in [-0.2, -0.15) is 0 Å². The minimum atomic E-state index is 0.0465. The Morgan fingerprint density at radius 3 is 1.78 bits per heavy atom. The molecule has 4 rings (SSSR count). The molecule has 2 aromatic rings. The van der Waals surface area contributed by atoms with Crippen molar-refractivity contribution >= 4 is 0 Å². The summed E-state index contributed by atoms with van der Waals surface area (Å²) in [6.07, 6.45) is 5.43. The summed E-state index contributed by atoms with van der Waals surface area (Å²) in [6, 6.07) is 22.7. The fourth-order valence-corrected chi connectivity index (χ4v) is 4.27. The largest absolute Gasteiger partial charge is 0.365 e. The van der Waals surface area contributed by atoms with E-state index in [9.17, 15) is 0 Å². The predicted octanol–water partition coefficient (Wildman–Crippen LogP) is 4.42. The summed E-state index contributed by atoms with van der Waals surface area (Å²) in [5.74, 6) is 0. The highest BCUT2D eigenvalue weighted by Crippen LogP contribution is 2.38. The normalized spacial score (nSPS) is 27.5. The summed E-state index contributed by atoms with van der Waals surface area (Å²) in [7, 11) is 2.28. The molecule has 2 bridgehead atoms. The van der Waals surface area contributed by atoms with Crippen molar-refractivity contribution in [3.8, 4) is 0 Å². The van der Waals surface area contributed by atoms with Gasteiger partial charge in [0, 0.05) is 12.1 Å². The number of piperidine rings is 1. The third-order valence-corrected chi connectivity index (χ3v) is 5.59. The van der Waals surface area contributed by atoms with Crippen LogP contribution in [0.3, 0.4) is 0 Å². The zero-order chi connectivity index (χ0) is 15.6. The molecular formula is C21H25NO. The van der Waals surface area contributed by atoms with E-state index in [1.807, 2.05) is 0 Å². The number of benzene rings is 2. The van der Waals surface area contributed by atoms with Crippen LogP contribution in [-0.2, 0) is 4.74 Å². The standard InChI is InChI=1S/C21H25NO/c1-22-18-12-13-19(22)15-20(14-18)23-21(16-8-4-2-5-9-16)17-10-6-3-7-11-17/h2-11,18-21H,12-15H2,1H3/t18-,19+,20-. The van der Waals surface area contributed by atoms with Crippen LogP contribution in [0, 0.1) is 0 Å². The molecule has 0 aromatic heterocycles. The van der Waals surface area contributed by atoms with Crippen LogP contribution in [0.5, 0.6) is 0 Å². The van der Waals surface area contributed by atoms with Gasteiger partial charge in [0.15, 0.2) is 0 Å². The molecule has 2 aromatic carbocycles. The van der Waals surface area contributed by atoms with Crippen LogP contribution in [0.4, 0.5) is 0 Å². The summed E-state index contributed by atoms with van der Waals surface area (Å²) in [5.41, 5.74) is 2.51. The van der Waals surface area contributed by atoms with Crippen molar-refractivity contribution in [1.82, 2.24) is 4.90 Å². The first-order chi connectivity index (χ1) is 11.3. The van der Waals surface area contributed by atoms with Gasteiger partial charge in [0.1, 0.15) is 6.10 Å². The fourth-order valence-electron chi connectivity index (χ4n) is 4.27. The van der Waals surface area contributed by atoms with Crippen molar-refractivity contribution in [2.75, 3.05) is 7.05 Å². The monoisotopic (exact) mass is 307 g/mol. The van der Waals surface area contributed by atoms with Gasteiger partial charge in [-0.3, -0.25) is 0 Å². The number of hydrogen-bond donors (Lipinski definition) is 0. The van der Waals surface area contributed by atoms with Crippen molar-refractivity contribution in [2.45, 2.75) is 50.0 Å². The van der Waals surface area contributed by atoms with Gasteiger partial charge in [0.25, 0.3) is 0 Å². The van der Waals surface area contributed by atoms with E-state index in [-0.39, 0.29) is 6.10 Å². The molecule has 0 aliphatic carbocycles. The second-order valence-corrected chi connectivity index (χ2v) is 6.98. The first kappa shape index (κ1) is 14.9. The average molecular weight is 307 g/mol. The Bertz CT molecular complexity index is 573. The number of rotatable bonds is 4. The Kier molecular flexibility index (Phi) is 4.19. The van der Waals surface area contributed by atoms with Gasteiger partial charge in [-0.15, -0.1) is 0 Å². The maximum absolute atomic E-state index is 6.67. The van der Waals surface area contributed by atoms with Crippen molar-refractivity contribution in [3.63, 3.8) is 0 Å². The summed E-state index contributed by atoms with van der Waals surface area (Å²) < 4.78 is 6.67. The van der Waals surface area contributed by atoms with Crippen molar-refractivity contribution in [2.24, 2.45) is 0 Å². The first-order valence-electron chi connectivity index (χ1n) is 8.78. The van der Waals surface area contributed by atoms with Gasteiger partial charge in [-0.05, 0) is 43.9 Å². The molecule has 2 saturated heterocycles. The molecule has 2 heteroatoms. The molecule has 0 unspecified atom stereocenters. The molecule has 23 heavy (non-hydrogen) atoms. The van der Waals surface area contributed by atoms with Crippen LogP contribution in [0.2, 0.25) is 0 Å². The summed E-state index contributed by atoms with van der Waals surface area (Å²) in [6.45, 7) is 0. The first-order valence-corrected chi connectivity index (χ1v) is 8.78. The van der Waals surface area contributed by atoms with Gasteiger partial charge in [-0.1, -0.05) is 60.7 Å². The van der Waals surface area contributed by atoms with E-state index in [1.165, 1.54) is 36.8 Å². The van der Waals surface area contributed by atoms with E-state index in [0.29, 0.717) is 18.2 Å². The maximum Gasteiger partial charge on any atom is 0.108 e. The highest BCUT2D eigenvalue weighted by molar-refractivity contribution is 5.30. The molecule has 2 fully saturated rings. The molecule has 2 nitrogen and oxygen atoms in total. The van der Waals surface area contributed by atoms with E-state index in [1.54, 1.807) is 0 Å². The lowest BCUT2D eigenvalue weighted by Crippen LogP contribution is -2.43. The molecule has 3 atom stereocenters. The third kappa shape index (κ3) is 3.06. The zero-order valence-electron chi connectivity index (χ0n) is 13.8. The van der Waals surface area contributed by atoms with Crippen LogP contribution in [-0.4, -0.2) is 30.1 Å². The van der Waals surface area contributed by atoms with Gasteiger partial charge < -0.3 is 9.64 Å². The van der Waals surface area contributed by atoms with Gasteiger partial charge >= 0.3 is 0 Å². The highest BCUT2D eigenvalue weighted by atomic mass is 16.5. The fraction of sp³-hybridized carbons (Fsp3) is 0.429. The van der Waals surface area contributed by atoms with Crippen LogP contribution < -0.4 is 0 Å². The molecular weight excluding hydrogens is 282 g/mol. The van der Waals surface area contributed by atoms with E-state index in [2.05, 4.69) is 72.6 Å². The number of nitrogens with zero attached hydrogens (tertiary/aromatic N) is 1. The Labute approximate surface area is 139 Å². The summed E-state index contributed by atoms with van der Waals surface area (Å²) >= 11 is 0.